The summed E-state index contributed by atoms with van der Waals surface area (Å²) in [6.45, 7) is 8.53. The second-order valence-electron chi connectivity index (χ2n) is 9.85. The summed E-state index contributed by atoms with van der Waals surface area (Å²) in [7, 11) is 1.58. The molecule has 0 fully saturated rings. The van der Waals surface area contributed by atoms with Crippen LogP contribution in [0.4, 0.5) is 16.2 Å². The number of urea groups is 1. The van der Waals surface area contributed by atoms with Crippen LogP contribution in [0.5, 0.6) is 5.75 Å². The Morgan fingerprint density at radius 3 is 2.39 bits per heavy atom. The van der Waals surface area contributed by atoms with Gasteiger partial charge in [0.25, 0.3) is 5.56 Å². The summed E-state index contributed by atoms with van der Waals surface area (Å²) in [6.07, 6.45) is 1.61. The van der Waals surface area contributed by atoms with Crippen molar-refractivity contribution in [1.82, 2.24) is 9.97 Å². The standard InChI is InChI=1S/C30H34N4O4/c1-18(2)24-15-22(20-8-6-10-23(14-20)38-13-12-35)16-25(19(3)4)27(24)32-30(37)34(5)26-17-21-9-7-11-31-28(21)33-29(26)36/h6-11,14-19,35H,12-13H2,1-5H3,(H,32,37)(H,31,33,36). The molecule has 0 atom stereocenters. The van der Waals surface area contributed by atoms with Crippen molar-refractivity contribution in [2.45, 2.75) is 39.5 Å². The van der Waals surface area contributed by atoms with Gasteiger partial charge in [0.2, 0.25) is 0 Å². The van der Waals surface area contributed by atoms with Crippen molar-refractivity contribution in [3.05, 3.63) is 82.3 Å². The Bertz CT molecular complexity index is 1480. The van der Waals surface area contributed by atoms with Crippen LogP contribution in [0.2, 0.25) is 0 Å². The van der Waals surface area contributed by atoms with Gasteiger partial charge >= 0.3 is 6.03 Å². The zero-order valence-electron chi connectivity index (χ0n) is 22.4. The zero-order chi connectivity index (χ0) is 27.4. The van der Waals surface area contributed by atoms with Crippen molar-refractivity contribution in [2.24, 2.45) is 0 Å². The van der Waals surface area contributed by atoms with Crippen molar-refractivity contribution in [1.29, 1.82) is 0 Å². The lowest BCUT2D eigenvalue weighted by atomic mass is 9.88. The van der Waals surface area contributed by atoms with Gasteiger partial charge in [-0.1, -0.05) is 39.8 Å². The van der Waals surface area contributed by atoms with Gasteiger partial charge < -0.3 is 20.1 Å². The molecule has 0 unspecified atom stereocenters. The summed E-state index contributed by atoms with van der Waals surface area (Å²) >= 11 is 0. The summed E-state index contributed by atoms with van der Waals surface area (Å²) in [4.78, 5) is 34.4. The van der Waals surface area contributed by atoms with E-state index in [9.17, 15) is 9.59 Å². The predicted octanol–water partition coefficient (Wildman–Crippen LogP) is 5.88. The Morgan fingerprint density at radius 1 is 1.03 bits per heavy atom. The van der Waals surface area contributed by atoms with Gasteiger partial charge in [-0.3, -0.25) is 9.69 Å². The molecule has 0 saturated carbocycles. The maximum atomic E-state index is 13.5. The van der Waals surface area contributed by atoms with Gasteiger partial charge in [-0.2, -0.15) is 0 Å². The maximum Gasteiger partial charge on any atom is 0.326 e. The van der Waals surface area contributed by atoms with Crippen LogP contribution in [0.25, 0.3) is 22.2 Å². The largest absolute Gasteiger partial charge is 0.491 e. The predicted molar refractivity (Wildman–Crippen MR) is 152 cm³/mol. The van der Waals surface area contributed by atoms with Crippen LogP contribution in [-0.2, 0) is 0 Å². The molecule has 0 aliphatic heterocycles. The molecule has 0 saturated heterocycles. The van der Waals surface area contributed by atoms with Crippen LogP contribution in [-0.4, -0.2) is 41.4 Å². The highest BCUT2D eigenvalue weighted by Crippen LogP contribution is 2.38. The Kier molecular flexibility index (Phi) is 8.12. The van der Waals surface area contributed by atoms with Crippen LogP contribution in [0.3, 0.4) is 0 Å². The van der Waals surface area contributed by atoms with E-state index in [2.05, 4.69) is 55.1 Å². The maximum absolute atomic E-state index is 13.5. The number of fused-ring (bicyclic) bond motifs is 1. The molecule has 2 amide bonds. The number of amides is 2. The number of H-pyrrole nitrogens is 1. The van der Waals surface area contributed by atoms with E-state index in [0.29, 0.717) is 11.4 Å². The highest BCUT2D eigenvalue weighted by Gasteiger charge is 2.22. The number of aromatic amines is 1. The molecule has 2 heterocycles. The van der Waals surface area contributed by atoms with Gasteiger partial charge in [-0.05, 0) is 76.6 Å². The molecule has 198 valence electrons. The SMILES string of the molecule is CC(C)c1cc(-c2cccc(OCCO)c2)cc(C(C)C)c1NC(=O)N(C)c1cc2cccnc2[nH]c1=O. The fraction of sp³-hybridized carbons (Fsp3) is 0.300. The van der Waals surface area contributed by atoms with Crippen LogP contribution in [0, 0.1) is 0 Å². The van der Waals surface area contributed by atoms with Crippen molar-refractivity contribution >= 4 is 28.4 Å². The van der Waals surface area contributed by atoms with Crippen LogP contribution < -0.4 is 20.5 Å². The number of carbonyl (C=O) groups excluding carboxylic acids is 1. The fourth-order valence-corrected chi connectivity index (χ4v) is 4.41. The average molecular weight is 515 g/mol. The molecular weight excluding hydrogens is 480 g/mol. The number of rotatable bonds is 8. The Balaban J connectivity index is 1.72. The van der Waals surface area contributed by atoms with Crippen molar-refractivity contribution < 1.29 is 14.6 Å². The number of pyridine rings is 2. The lowest BCUT2D eigenvalue weighted by molar-refractivity contribution is 0.201. The minimum absolute atomic E-state index is 0.0516. The summed E-state index contributed by atoms with van der Waals surface area (Å²) in [5.74, 6) is 0.928. The number of hydrogen-bond acceptors (Lipinski definition) is 5. The zero-order valence-corrected chi connectivity index (χ0v) is 22.4. The Hall–Kier alpha value is -4.17. The number of aliphatic hydroxyl groups excluding tert-OH is 1. The lowest BCUT2D eigenvalue weighted by Gasteiger charge is -2.25. The van der Waals surface area contributed by atoms with E-state index in [0.717, 1.165) is 33.3 Å². The molecule has 8 heteroatoms. The first-order chi connectivity index (χ1) is 18.2. The molecule has 2 aromatic heterocycles. The van der Waals surface area contributed by atoms with Crippen LogP contribution in [0.1, 0.15) is 50.7 Å². The number of nitrogens with zero attached hydrogens (tertiary/aromatic N) is 2. The van der Waals surface area contributed by atoms with E-state index < -0.39 is 6.03 Å². The van der Waals surface area contributed by atoms with Crippen LogP contribution >= 0.6 is 0 Å². The molecule has 0 bridgehead atoms. The van der Waals surface area contributed by atoms with E-state index in [1.54, 1.807) is 25.4 Å². The number of carbonyl (C=O) groups is 1. The monoisotopic (exact) mass is 514 g/mol. The number of aliphatic hydroxyl groups is 1. The highest BCUT2D eigenvalue weighted by molar-refractivity contribution is 6.03. The van der Waals surface area contributed by atoms with Gasteiger partial charge in [0, 0.05) is 24.3 Å². The van der Waals surface area contributed by atoms with Crippen molar-refractivity contribution in [3.8, 4) is 16.9 Å². The van der Waals surface area contributed by atoms with Gasteiger partial charge in [0.05, 0.1) is 6.61 Å². The van der Waals surface area contributed by atoms with Gasteiger partial charge in [-0.15, -0.1) is 0 Å². The first kappa shape index (κ1) is 26.9. The lowest BCUT2D eigenvalue weighted by Crippen LogP contribution is -2.35. The summed E-state index contributed by atoms with van der Waals surface area (Å²) in [5, 5.41) is 12.9. The molecule has 4 rings (SSSR count). The third-order valence-corrected chi connectivity index (χ3v) is 6.46. The average Bonchev–Trinajstić information content (AvgIpc) is 2.90. The van der Waals surface area contributed by atoms with Gasteiger partial charge in [0.1, 0.15) is 23.7 Å². The number of hydrogen-bond donors (Lipinski definition) is 3. The fourth-order valence-electron chi connectivity index (χ4n) is 4.41. The number of ether oxygens (including phenoxy) is 1. The van der Waals surface area contributed by atoms with E-state index in [1.165, 1.54) is 4.90 Å². The first-order valence-corrected chi connectivity index (χ1v) is 12.7. The van der Waals surface area contributed by atoms with E-state index in [4.69, 9.17) is 9.84 Å². The summed E-state index contributed by atoms with van der Waals surface area (Å²) in [6, 6.07) is 16.8. The Labute approximate surface area is 222 Å². The highest BCUT2D eigenvalue weighted by atomic mass is 16.5. The van der Waals surface area contributed by atoms with E-state index in [-0.39, 0.29) is 36.3 Å². The first-order valence-electron chi connectivity index (χ1n) is 12.7. The van der Waals surface area contributed by atoms with Crippen molar-refractivity contribution in [3.63, 3.8) is 0 Å². The molecule has 2 aromatic carbocycles. The van der Waals surface area contributed by atoms with Crippen molar-refractivity contribution in [2.75, 3.05) is 30.5 Å². The molecule has 4 aromatic rings. The smallest absolute Gasteiger partial charge is 0.326 e. The number of anilines is 2. The molecule has 38 heavy (non-hydrogen) atoms. The second kappa shape index (κ2) is 11.5. The summed E-state index contributed by atoms with van der Waals surface area (Å²) < 4.78 is 5.61. The van der Waals surface area contributed by atoms with E-state index >= 15 is 0 Å². The minimum atomic E-state index is -0.408. The molecule has 3 N–H and O–H groups in total. The van der Waals surface area contributed by atoms with E-state index in [1.807, 2.05) is 30.3 Å². The third-order valence-electron chi connectivity index (χ3n) is 6.46. The Morgan fingerprint density at radius 2 is 1.74 bits per heavy atom. The topological polar surface area (TPSA) is 108 Å². The number of benzene rings is 2. The van der Waals surface area contributed by atoms with Gasteiger partial charge in [0.15, 0.2) is 0 Å². The molecule has 0 aliphatic rings. The molecule has 0 radical (unpaired) electrons. The minimum Gasteiger partial charge on any atom is -0.491 e. The number of nitrogens with one attached hydrogen (secondary N) is 2. The molecule has 0 spiro atoms. The normalized spacial score (nSPS) is 11.3. The molecule has 0 aliphatic carbocycles. The van der Waals surface area contributed by atoms with Crippen LogP contribution in [0.15, 0.2) is 65.6 Å². The molecular formula is C30H34N4O4. The second-order valence-corrected chi connectivity index (χ2v) is 9.85. The third kappa shape index (κ3) is 5.70. The summed E-state index contributed by atoms with van der Waals surface area (Å²) in [5.41, 5.74) is 5.05. The molecule has 8 nitrogen and oxygen atoms in total. The quantitative estimate of drug-likeness (QED) is 0.272. The van der Waals surface area contributed by atoms with Gasteiger partial charge in [-0.25, -0.2) is 9.78 Å². The number of aromatic nitrogens is 2.